The summed E-state index contributed by atoms with van der Waals surface area (Å²) in [6, 6.07) is 11.1. The van der Waals surface area contributed by atoms with Crippen molar-refractivity contribution in [1.82, 2.24) is 9.88 Å². The number of hydrogen-bond acceptors (Lipinski definition) is 4. The highest BCUT2D eigenvalue weighted by Gasteiger charge is 2.33. The van der Waals surface area contributed by atoms with Crippen molar-refractivity contribution in [3.63, 3.8) is 0 Å². The molecular weight excluding hydrogens is 366 g/mol. The van der Waals surface area contributed by atoms with Gasteiger partial charge in [0.25, 0.3) is 0 Å². The van der Waals surface area contributed by atoms with Gasteiger partial charge in [-0.25, -0.2) is 9.78 Å². The Balaban J connectivity index is 1.32. The molecule has 1 saturated heterocycles. The number of hydrogen-bond donors (Lipinski definition) is 2. The largest absolute Gasteiger partial charge is 0.355 e. The first-order chi connectivity index (χ1) is 14.1. The predicted octanol–water partition coefficient (Wildman–Crippen LogP) is 3.48. The molecule has 0 radical (unpaired) electrons. The van der Waals surface area contributed by atoms with Crippen LogP contribution < -0.4 is 15.5 Å². The fraction of sp³-hybridized carbons (Fsp3) is 0.409. The molecule has 7 heteroatoms. The van der Waals surface area contributed by atoms with Gasteiger partial charge in [-0.2, -0.15) is 0 Å². The number of anilines is 3. The first-order valence-electron chi connectivity index (χ1n) is 10.2. The van der Waals surface area contributed by atoms with Crippen molar-refractivity contribution >= 4 is 29.1 Å². The third-order valence-electron chi connectivity index (χ3n) is 5.46. The van der Waals surface area contributed by atoms with Gasteiger partial charge in [-0.1, -0.05) is 18.2 Å². The first-order valence-corrected chi connectivity index (χ1v) is 10.2. The van der Waals surface area contributed by atoms with Gasteiger partial charge >= 0.3 is 6.03 Å². The highest BCUT2D eigenvalue weighted by Crippen LogP contribution is 2.31. The van der Waals surface area contributed by atoms with Gasteiger partial charge in [0.2, 0.25) is 5.91 Å². The van der Waals surface area contributed by atoms with Crippen LogP contribution in [0.25, 0.3) is 0 Å². The van der Waals surface area contributed by atoms with Gasteiger partial charge in [-0.3, -0.25) is 4.79 Å². The SMILES string of the molecule is Cc1ccccc1NC(=O)Nc1ccc(N2CCCN(C(=O)C3CC3)CC2)nc1. The van der Waals surface area contributed by atoms with Crippen LogP contribution in [-0.2, 0) is 4.79 Å². The third-order valence-corrected chi connectivity index (χ3v) is 5.46. The number of aryl methyl sites for hydroxylation is 1. The van der Waals surface area contributed by atoms with Gasteiger partial charge in [0.1, 0.15) is 5.82 Å². The molecule has 1 aliphatic heterocycles. The number of urea groups is 1. The molecule has 2 aliphatic rings. The Morgan fingerprint density at radius 2 is 1.83 bits per heavy atom. The fourth-order valence-corrected chi connectivity index (χ4v) is 3.60. The number of rotatable bonds is 4. The fourth-order valence-electron chi connectivity index (χ4n) is 3.60. The predicted molar refractivity (Wildman–Crippen MR) is 114 cm³/mol. The number of carbonyl (C=O) groups excluding carboxylic acids is 2. The van der Waals surface area contributed by atoms with Crippen LogP contribution >= 0.6 is 0 Å². The lowest BCUT2D eigenvalue weighted by Gasteiger charge is -2.23. The summed E-state index contributed by atoms with van der Waals surface area (Å²) in [5, 5.41) is 5.67. The van der Waals surface area contributed by atoms with Gasteiger partial charge in [0.05, 0.1) is 11.9 Å². The highest BCUT2D eigenvalue weighted by atomic mass is 16.2. The summed E-state index contributed by atoms with van der Waals surface area (Å²) in [5.41, 5.74) is 2.43. The minimum Gasteiger partial charge on any atom is -0.355 e. The molecule has 2 N–H and O–H groups in total. The molecule has 29 heavy (non-hydrogen) atoms. The lowest BCUT2D eigenvalue weighted by molar-refractivity contribution is -0.132. The van der Waals surface area contributed by atoms with Crippen LogP contribution in [0.4, 0.5) is 22.0 Å². The van der Waals surface area contributed by atoms with E-state index in [1.807, 2.05) is 48.2 Å². The van der Waals surface area contributed by atoms with Gasteiger partial charge in [-0.15, -0.1) is 0 Å². The minimum absolute atomic E-state index is 0.274. The zero-order chi connectivity index (χ0) is 20.2. The van der Waals surface area contributed by atoms with Crippen molar-refractivity contribution in [2.24, 2.45) is 5.92 Å². The monoisotopic (exact) mass is 393 g/mol. The van der Waals surface area contributed by atoms with E-state index in [4.69, 9.17) is 0 Å². The maximum Gasteiger partial charge on any atom is 0.323 e. The third kappa shape index (κ3) is 4.85. The molecule has 7 nitrogen and oxygen atoms in total. The summed E-state index contributed by atoms with van der Waals surface area (Å²) in [6.07, 6.45) is 4.71. The van der Waals surface area contributed by atoms with E-state index in [0.29, 0.717) is 11.6 Å². The van der Waals surface area contributed by atoms with Crippen LogP contribution in [0.1, 0.15) is 24.8 Å². The smallest absolute Gasteiger partial charge is 0.323 e. The Labute approximate surface area is 171 Å². The summed E-state index contributed by atoms with van der Waals surface area (Å²) >= 11 is 0. The molecule has 0 spiro atoms. The molecule has 1 aliphatic carbocycles. The van der Waals surface area contributed by atoms with E-state index in [1.165, 1.54) is 0 Å². The number of pyridine rings is 1. The molecule has 1 aromatic carbocycles. The van der Waals surface area contributed by atoms with Crippen LogP contribution in [0.2, 0.25) is 0 Å². The standard InChI is InChI=1S/C22H27N5O2/c1-16-5-2-3-6-19(16)25-22(29)24-18-9-10-20(23-15-18)26-11-4-12-27(14-13-26)21(28)17-7-8-17/h2-3,5-6,9-10,15,17H,4,7-8,11-14H2,1H3,(H2,24,25,29). The molecule has 1 aromatic heterocycles. The molecule has 2 fully saturated rings. The molecule has 1 saturated carbocycles. The average Bonchev–Trinajstić information content (AvgIpc) is 3.57. The maximum absolute atomic E-state index is 12.3. The van der Waals surface area contributed by atoms with E-state index in [2.05, 4.69) is 20.5 Å². The van der Waals surface area contributed by atoms with Crippen molar-refractivity contribution in [2.45, 2.75) is 26.2 Å². The first kappa shape index (κ1) is 19.2. The van der Waals surface area contributed by atoms with E-state index < -0.39 is 0 Å². The minimum atomic E-state index is -0.294. The zero-order valence-electron chi connectivity index (χ0n) is 16.7. The van der Waals surface area contributed by atoms with Crippen LogP contribution in [0.15, 0.2) is 42.6 Å². The Kier molecular flexibility index (Phi) is 5.64. The van der Waals surface area contributed by atoms with E-state index in [-0.39, 0.29) is 11.9 Å². The lowest BCUT2D eigenvalue weighted by Crippen LogP contribution is -2.36. The van der Waals surface area contributed by atoms with Crippen LogP contribution in [0, 0.1) is 12.8 Å². The number of carbonyl (C=O) groups is 2. The molecule has 4 rings (SSSR count). The molecule has 0 atom stereocenters. The maximum atomic E-state index is 12.3. The van der Waals surface area contributed by atoms with Crippen molar-refractivity contribution in [3.05, 3.63) is 48.2 Å². The van der Waals surface area contributed by atoms with Gasteiger partial charge in [0.15, 0.2) is 0 Å². The van der Waals surface area contributed by atoms with Crippen LogP contribution in [0.5, 0.6) is 0 Å². The number of aromatic nitrogens is 1. The Morgan fingerprint density at radius 3 is 2.55 bits per heavy atom. The summed E-state index contributed by atoms with van der Waals surface area (Å²) in [6.45, 7) is 5.18. The summed E-state index contributed by atoms with van der Waals surface area (Å²) < 4.78 is 0. The van der Waals surface area contributed by atoms with Crippen molar-refractivity contribution in [2.75, 3.05) is 41.7 Å². The molecule has 0 unspecified atom stereocenters. The molecule has 2 heterocycles. The Bertz CT molecular complexity index is 879. The molecule has 3 amide bonds. The normalized spacial score (nSPS) is 16.9. The van der Waals surface area contributed by atoms with Crippen LogP contribution in [0.3, 0.4) is 0 Å². The number of nitrogens with one attached hydrogen (secondary N) is 2. The molecule has 2 aromatic rings. The van der Waals surface area contributed by atoms with Gasteiger partial charge in [-0.05, 0) is 49.9 Å². The van der Waals surface area contributed by atoms with Crippen LogP contribution in [-0.4, -0.2) is 48.0 Å². The lowest BCUT2D eigenvalue weighted by atomic mass is 10.2. The van der Waals surface area contributed by atoms with Gasteiger partial charge in [0, 0.05) is 37.8 Å². The van der Waals surface area contributed by atoms with Crippen molar-refractivity contribution < 1.29 is 9.59 Å². The Hall–Kier alpha value is -3.09. The second-order valence-corrected chi connectivity index (χ2v) is 7.74. The van der Waals surface area contributed by atoms with E-state index in [0.717, 1.165) is 62.5 Å². The van der Waals surface area contributed by atoms with E-state index in [1.54, 1.807) is 6.20 Å². The zero-order valence-corrected chi connectivity index (χ0v) is 16.7. The average molecular weight is 393 g/mol. The summed E-state index contributed by atoms with van der Waals surface area (Å²) in [4.78, 5) is 33.3. The van der Waals surface area contributed by atoms with Crippen molar-refractivity contribution in [3.8, 4) is 0 Å². The van der Waals surface area contributed by atoms with Crippen molar-refractivity contribution in [1.29, 1.82) is 0 Å². The topological polar surface area (TPSA) is 77.6 Å². The molecule has 152 valence electrons. The quantitative estimate of drug-likeness (QED) is 0.834. The highest BCUT2D eigenvalue weighted by molar-refractivity contribution is 6.00. The van der Waals surface area contributed by atoms with E-state index >= 15 is 0 Å². The number of benzene rings is 1. The van der Waals surface area contributed by atoms with Gasteiger partial charge < -0.3 is 20.4 Å². The second kappa shape index (κ2) is 8.51. The molecule has 0 bridgehead atoms. The summed E-state index contributed by atoms with van der Waals surface area (Å²) in [7, 11) is 0. The van der Waals surface area contributed by atoms with E-state index in [9.17, 15) is 9.59 Å². The molecular formula is C22H27N5O2. The number of amides is 3. The Morgan fingerprint density at radius 1 is 1.00 bits per heavy atom. The second-order valence-electron chi connectivity index (χ2n) is 7.74. The number of para-hydroxylation sites is 1. The summed E-state index contributed by atoms with van der Waals surface area (Å²) in [5.74, 6) is 1.46. The number of nitrogens with zero attached hydrogens (tertiary/aromatic N) is 3.